The van der Waals surface area contributed by atoms with Gasteiger partial charge in [-0.15, -0.1) is 0 Å². The van der Waals surface area contributed by atoms with Crippen molar-refractivity contribution in [2.75, 3.05) is 26.2 Å². The van der Waals surface area contributed by atoms with Gasteiger partial charge in [0.2, 0.25) is 5.91 Å². The van der Waals surface area contributed by atoms with Gasteiger partial charge in [0, 0.05) is 36.8 Å². The molecule has 4 rings (SSSR count). The van der Waals surface area contributed by atoms with Crippen molar-refractivity contribution in [2.24, 2.45) is 0 Å². The van der Waals surface area contributed by atoms with Crippen molar-refractivity contribution in [3.8, 4) is 11.5 Å². The second-order valence-corrected chi connectivity index (χ2v) is 7.28. The molecule has 144 valence electrons. The zero-order chi connectivity index (χ0) is 19.3. The van der Waals surface area contributed by atoms with Crippen LogP contribution in [-0.2, 0) is 17.8 Å². The Bertz CT molecular complexity index is 936. The fourth-order valence-corrected chi connectivity index (χ4v) is 3.48. The first-order valence-corrected chi connectivity index (χ1v) is 9.68. The molecule has 1 amide bonds. The Labute approximate surface area is 168 Å². The van der Waals surface area contributed by atoms with Crippen molar-refractivity contribution < 1.29 is 9.32 Å². The smallest absolute Gasteiger partial charge is 0.258 e. The molecule has 1 aliphatic heterocycles. The van der Waals surface area contributed by atoms with Crippen molar-refractivity contribution in [3.05, 3.63) is 71.0 Å². The number of hydrogen-bond donors (Lipinski definition) is 0. The lowest BCUT2D eigenvalue weighted by Gasteiger charge is -2.34. The minimum atomic E-state index is 0.175. The third-order valence-corrected chi connectivity index (χ3v) is 5.06. The molecule has 1 fully saturated rings. The third-order valence-electron chi connectivity index (χ3n) is 4.83. The van der Waals surface area contributed by atoms with Gasteiger partial charge in [0.1, 0.15) is 0 Å². The van der Waals surface area contributed by atoms with E-state index in [9.17, 15) is 4.79 Å². The average molecular weight is 397 g/mol. The molecule has 0 unspecified atom stereocenters. The van der Waals surface area contributed by atoms with E-state index in [0.29, 0.717) is 42.8 Å². The zero-order valence-electron chi connectivity index (χ0n) is 15.4. The summed E-state index contributed by atoms with van der Waals surface area (Å²) in [6, 6.07) is 17.2. The summed E-state index contributed by atoms with van der Waals surface area (Å²) in [5.41, 5.74) is 1.86. The highest BCUT2D eigenvalue weighted by atomic mass is 35.5. The Morgan fingerprint density at radius 3 is 2.57 bits per heavy atom. The highest BCUT2D eigenvalue weighted by molar-refractivity contribution is 6.30. The molecule has 2 aromatic carbocycles. The Balaban J connectivity index is 1.29. The Kier molecular flexibility index (Phi) is 5.69. The number of nitrogens with zero attached hydrogens (tertiary/aromatic N) is 4. The first-order chi connectivity index (χ1) is 13.7. The quantitative estimate of drug-likeness (QED) is 0.662. The van der Waals surface area contributed by atoms with Gasteiger partial charge in [-0.05, 0) is 23.8 Å². The number of benzene rings is 2. The van der Waals surface area contributed by atoms with Crippen molar-refractivity contribution >= 4 is 17.5 Å². The summed E-state index contributed by atoms with van der Waals surface area (Å²) in [5, 5.41) is 4.71. The maximum absolute atomic E-state index is 12.5. The number of hydrogen-bond acceptors (Lipinski definition) is 5. The Morgan fingerprint density at radius 1 is 1.04 bits per heavy atom. The van der Waals surface area contributed by atoms with Crippen LogP contribution >= 0.6 is 11.6 Å². The lowest BCUT2D eigenvalue weighted by molar-refractivity contribution is -0.132. The van der Waals surface area contributed by atoms with Crippen LogP contribution in [0.25, 0.3) is 11.5 Å². The number of amides is 1. The van der Waals surface area contributed by atoms with Crippen molar-refractivity contribution in [1.29, 1.82) is 0 Å². The lowest BCUT2D eigenvalue weighted by Crippen LogP contribution is -2.48. The number of piperazine rings is 1. The zero-order valence-corrected chi connectivity index (χ0v) is 16.2. The van der Waals surface area contributed by atoms with Crippen LogP contribution in [0.3, 0.4) is 0 Å². The summed E-state index contributed by atoms with van der Waals surface area (Å²) < 4.78 is 5.36. The lowest BCUT2D eigenvalue weighted by atomic mass is 10.1. The number of carbonyl (C=O) groups excluding carboxylic acids is 1. The van der Waals surface area contributed by atoms with Crippen LogP contribution < -0.4 is 0 Å². The van der Waals surface area contributed by atoms with E-state index in [1.54, 1.807) is 12.1 Å². The van der Waals surface area contributed by atoms with Gasteiger partial charge in [0.05, 0.1) is 13.0 Å². The highest BCUT2D eigenvalue weighted by Gasteiger charge is 2.22. The van der Waals surface area contributed by atoms with Crippen molar-refractivity contribution in [2.45, 2.75) is 13.0 Å². The van der Waals surface area contributed by atoms with Gasteiger partial charge in [-0.3, -0.25) is 9.69 Å². The summed E-state index contributed by atoms with van der Waals surface area (Å²) in [4.78, 5) is 21.1. The molecule has 1 aliphatic rings. The third kappa shape index (κ3) is 4.58. The number of halogens is 1. The summed E-state index contributed by atoms with van der Waals surface area (Å²) >= 11 is 6.02. The molecule has 0 bridgehead atoms. The van der Waals surface area contributed by atoms with Gasteiger partial charge in [-0.1, -0.05) is 53.2 Å². The molecule has 0 spiro atoms. The maximum atomic E-state index is 12.5. The molecule has 0 saturated carbocycles. The minimum Gasteiger partial charge on any atom is -0.340 e. The van der Waals surface area contributed by atoms with Crippen LogP contribution in [0.15, 0.2) is 59.1 Å². The normalized spacial score (nSPS) is 15.0. The van der Waals surface area contributed by atoms with Crippen LogP contribution in [0.1, 0.15) is 11.4 Å². The molecule has 1 aromatic heterocycles. The predicted molar refractivity (Wildman–Crippen MR) is 107 cm³/mol. The molecule has 7 heteroatoms. The van der Waals surface area contributed by atoms with E-state index in [-0.39, 0.29) is 5.91 Å². The van der Waals surface area contributed by atoms with Gasteiger partial charge < -0.3 is 9.42 Å². The summed E-state index contributed by atoms with van der Waals surface area (Å²) in [6.07, 6.45) is 0.453. The van der Waals surface area contributed by atoms with E-state index in [1.807, 2.05) is 47.4 Å². The van der Waals surface area contributed by atoms with E-state index in [1.165, 1.54) is 0 Å². The van der Waals surface area contributed by atoms with Crippen LogP contribution in [0.4, 0.5) is 0 Å². The summed E-state index contributed by atoms with van der Waals surface area (Å²) in [6.45, 7) is 3.61. The molecule has 6 nitrogen and oxygen atoms in total. The maximum Gasteiger partial charge on any atom is 0.258 e. The molecule has 1 saturated heterocycles. The SMILES string of the molecule is O=C(Cc1ccccc1)N1CCN(Cc2noc(-c3cccc(Cl)c3)n2)CC1. The molecular formula is C21H21ClN4O2. The molecule has 0 radical (unpaired) electrons. The molecule has 28 heavy (non-hydrogen) atoms. The topological polar surface area (TPSA) is 62.5 Å². The fraction of sp³-hybridized carbons (Fsp3) is 0.286. The number of rotatable bonds is 5. The van der Waals surface area contributed by atoms with E-state index >= 15 is 0 Å². The molecule has 0 aliphatic carbocycles. The predicted octanol–water partition coefficient (Wildman–Crippen LogP) is 3.28. The monoisotopic (exact) mass is 396 g/mol. The summed E-state index contributed by atoms with van der Waals surface area (Å²) in [5.74, 6) is 1.28. The average Bonchev–Trinajstić information content (AvgIpc) is 3.18. The Hall–Kier alpha value is -2.70. The second-order valence-electron chi connectivity index (χ2n) is 6.85. The van der Waals surface area contributed by atoms with Gasteiger partial charge in [0.15, 0.2) is 5.82 Å². The van der Waals surface area contributed by atoms with Crippen molar-refractivity contribution in [1.82, 2.24) is 19.9 Å². The minimum absolute atomic E-state index is 0.175. The van der Waals surface area contributed by atoms with E-state index in [4.69, 9.17) is 16.1 Å². The number of aromatic nitrogens is 2. The molecule has 3 aromatic rings. The molecule has 0 N–H and O–H groups in total. The standard InChI is InChI=1S/C21H21ClN4O2/c22-18-8-4-7-17(14-18)21-23-19(24-28-21)15-25-9-11-26(12-10-25)20(27)13-16-5-2-1-3-6-16/h1-8,14H,9-13,15H2. The summed E-state index contributed by atoms with van der Waals surface area (Å²) in [7, 11) is 0. The number of carbonyl (C=O) groups is 1. The molecule has 2 heterocycles. The van der Waals surface area contributed by atoms with Crippen LogP contribution in [0.5, 0.6) is 0 Å². The van der Waals surface area contributed by atoms with E-state index in [2.05, 4.69) is 15.0 Å². The van der Waals surface area contributed by atoms with Gasteiger partial charge in [-0.25, -0.2) is 0 Å². The first kappa shape index (κ1) is 18.7. The fourth-order valence-electron chi connectivity index (χ4n) is 3.29. The Morgan fingerprint density at radius 2 is 1.82 bits per heavy atom. The van der Waals surface area contributed by atoms with Crippen LogP contribution in [0, 0.1) is 0 Å². The molecular weight excluding hydrogens is 376 g/mol. The van der Waals surface area contributed by atoms with Gasteiger partial charge in [-0.2, -0.15) is 4.98 Å². The van der Waals surface area contributed by atoms with Crippen LogP contribution in [0.2, 0.25) is 5.02 Å². The van der Waals surface area contributed by atoms with Crippen LogP contribution in [-0.4, -0.2) is 52.0 Å². The van der Waals surface area contributed by atoms with E-state index in [0.717, 1.165) is 24.2 Å². The van der Waals surface area contributed by atoms with Gasteiger partial charge in [0.25, 0.3) is 5.89 Å². The second kappa shape index (κ2) is 8.54. The first-order valence-electron chi connectivity index (χ1n) is 9.30. The molecule has 0 atom stereocenters. The van der Waals surface area contributed by atoms with E-state index < -0.39 is 0 Å². The van der Waals surface area contributed by atoms with Crippen molar-refractivity contribution in [3.63, 3.8) is 0 Å². The largest absolute Gasteiger partial charge is 0.340 e. The van der Waals surface area contributed by atoms with Gasteiger partial charge >= 0.3 is 0 Å². The highest BCUT2D eigenvalue weighted by Crippen LogP contribution is 2.21.